The number of thiocarbonyl (C=S) groups is 1. The molecule has 1 aromatic rings. The average molecular weight is 264 g/mol. The van der Waals surface area contributed by atoms with Crippen molar-refractivity contribution in [3.05, 3.63) is 29.3 Å². The Morgan fingerprint density at radius 2 is 2.00 bits per heavy atom. The second-order valence-corrected chi connectivity index (χ2v) is 6.12. The fourth-order valence-electron chi connectivity index (χ4n) is 1.59. The summed E-state index contributed by atoms with van der Waals surface area (Å²) in [6, 6.07) is 5.58. The van der Waals surface area contributed by atoms with E-state index in [0.29, 0.717) is 11.4 Å². The van der Waals surface area contributed by atoms with Gasteiger partial charge in [0.25, 0.3) is 0 Å². The van der Waals surface area contributed by atoms with Crippen molar-refractivity contribution in [2.75, 3.05) is 5.32 Å². The van der Waals surface area contributed by atoms with Crippen LogP contribution in [0.1, 0.15) is 38.3 Å². The first-order valence-electron chi connectivity index (χ1n) is 5.89. The fourth-order valence-corrected chi connectivity index (χ4v) is 1.71. The Bertz CT molecular complexity index is 475. The van der Waals surface area contributed by atoms with Gasteiger partial charge in [-0.2, -0.15) is 0 Å². The molecule has 0 fully saturated rings. The molecule has 0 aliphatic rings. The molecule has 0 aromatic heterocycles. The zero-order valence-corrected chi connectivity index (χ0v) is 12.1. The standard InChI is InChI=1S/C14H20N2OS/c1-9-5-6-10(13(15)18)7-11(9)16-12(17)8-14(2,3)4/h5-7H,8H2,1-4H3,(H2,15,18)(H,16,17). The first kappa shape index (κ1) is 14.6. The number of carbonyl (C=O) groups is 1. The molecule has 0 heterocycles. The molecule has 0 unspecified atom stereocenters. The van der Waals surface area contributed by atoms with E-state index in [1.807, 2.05) is 45.9 Å². The number of aryl methyl sites for hydroxylation is 1. The van der Waals surface area contributed by atoms with E-state index in [4.69, 9.17) is 18.0 Å². The molecule has 0 radical (unpaired) electrons. The summed E-state index contributed by atoms with van der Waals surface area (Å²) >= 11 is 4.93. The van der Waals surface area contributed by atoms with Crippen LogP contribution in [0, 0.1) is 12.3 Å². The third-order valence-electron chi connectivity index (χ3n) is 2.49. The highest BCUT2D eigenvalue weighted by Gasteiger charge is 2.16. The molecule has 4 heteroatoms. The molecular formula is C14H20N2OS. The van der Waals surface area contributed by atoms with Gasteiger partial charge in [-0.25, -0.2) is 0 Å². The monoisotopic (exact) mass is 264 g/mol. The normalized spacial score (nSPS) is 11.1. The lowest BCUT2D eigenvalue weighted by Crippen LogP contribution is -2.20. The average Bonchev–Trinajstić information content (AvgIpc) is 2.18. The van der Waals surface area contributed by atoms with Crippen molar-refractivity contribution >= 4 is 28.8 Å². The smallest absolute Gasteiger partial charge is 0.224 e. The second kappa shape index (κ2) is 5.48. The number of nitrogens with one attached hydrogen (secondary N) is 1. The minimum Gasteiger partial charge on any atom is -0.389 e. The van der Waals surface area contributed by atoms with Crippen LogP contribution in [0.3, 0.4) is 0 Å². The maximum absolute atomic E-state index is 11.9. The molecular weight excluding hydrogens is 244 g/mol. The van der Waals surface area contributed by atoms with E-state index >= 15 is 0 Å². The number of anilines is 1. The number of nitrogens with two attached hydrogens (primary N) is 1. The Hall–Kier alpha value is -1.42. The third kappa shape index (κ3) is 4.45. The van der Waals surface area contributed by atoms with Gasteiger partial charge in [-0.1, -0.05) is 45.1 Å². The van der Waals surface area contributed by atoms with Crippen molar-refractivity contribution < 1.29 is 4.79 Å². The molecule has 0 saturated heterocycles. The number of hydrogen-bond acceptors (Lipinski definition) is 2. The molecule has 0 aliphatic carbocycles. The largest absolute Gasteiger partial charge is 0.389 e. The van der Waals surface area contributed by atoms with Crippen LogP contribution in [0.4, 0.5) is 5.69 Å². The van der Waals surface area contributed by atoms with Gasteiger partial charge in [0.15, 0.2) is 0 Å². The Balaban J connectivity index is 2.87. The predicted octanol–water partition coefficient (Wildman–Crippen LogP) is 3.00. The van der Waals surface area contributed by atoms with E-state index in [1.54, 1.807) is 0 Å². The van der Waals surface area contributed by atoms with Crippen LogP contribution in [0.5, 0.6) is 0 Å². The Morgan fingerprint density at radius 1 is 1.39 bits per heavy atom. The molecule has 0 spiro atoms. The van der Waals surface area contributed by atoms with Crippen molar-refractivity contribution in [3.63, 3.8) is 0 Å². The minimum absolute atomic E-state index is 0.00527. The van der Waals surface area contributed by atoms with Crippen LogP contribution in [0.25, 0.3) is 0 Å². The SMILES string of the molecule is Cc1ccc(C(N)=S)cc1NC(=O)CC(C)(C)C. The maximum Gasteiger partial charge on any atom is 0.224 e. The fraction of sp³-hybridized carbons (Fsp3) is 0.429. The molecule has 0 atom stereocenters. The summed E-state index contributed by atoms with van der Waals surface area (Å²) in [5, 5.41) is 2.91. The summed E-state index contributed by atoms with van der Waals surface area (Å²) in [6.07, 6.45) is 0.476. The highest BCUT2D eigenvalue weighted by Crippen LogP contribution is 2.21. The van der Waals surface area contributed by atoms with Crippen molar-refractivity contribution in [3.8, 4) is 0 Å². The van der Waals surface area contributed by atoms with Crippen molar-refractivity contribution in [1.82, 2.24) is 0 Å². The molecule has 3 N–H and O–H groups in total. The molecule has 1 rings (SSSR count). The number of benzene rings is 1. The summed E-state index contributed by atoms with van der Waals surface area (Å²) in [5.74, 6) is 0.00527. The van der Waals surface area contributed by atoms with E-state index in [9.17, 15) is 4.79 Å². The topological polar surface area (TPSA) is 55.1 Å². The van der Waals surface area contributed by atoms with Crippen molar-refractivity contribution in [1.29, 1.82) is 0 Å². The van der Waals surface area contributed by atoms with E-state index in [-0.39, 0.29) is 11.3 Å². The van der Waals surface area contributed by atoms with E-state index in [0.717, 1.165) is 16.8 Å². The van der Waals surface area contributed by atoms with Gasteiger partial charge < -0.3 is 11.1 Å². The first-order chi connectivity index (χ1) is 8.19. The van der Waals surface area contributed by atoms with Crippen LogP contribution < -0.4 is 11.1 Å². The van der Waals surface area contributed by atoms with Crippen LogP contribution in [0.2, 0.25) is 0 Å². The zero-order chi connectivity index (χ0) is 13.9. The lowest BCUT2D eigenvalue weighted by atomic mass is 9.92. The summed E-state index contributed by atoms with van der Waals surface area (Å²) in [7, 11) is 0. The van der Waals surface area contributed by atoms with Gasteiger partial charge in [0.1, 0.15) is 4.99 Å². The lowest BCUT2D eigenvalue weighted by molar-refractivity contribution is -0.117. The quantitative estimate of drug-likeness (QED) is 0.825. The van der Waals surface area contributed by atoms with Gasteiger partial charge in [-0.05, 0) is 24.0 Å². The summed E-state index contributed by atoms with van der Waals surface area (Å²) in [5.41, 5.74) is 8.09. The van der Waals surface area contributed by atoms with Crippen LogP contribution in [-0.4, -0.2) is 10.9 Å². The van der Waals surface area contributed by atoms with E-state index < -0.39 is 0 Å². The van der Waals surface area contributed by atoms with Crippen LogP contribution >= 0.6 is 12.2 Å². The second-order valence-electron chi connectivity index (χ2n) is 5.68. The van der Waals surface area contributed by atoms with Crippen molar-refractivity contribution in [2.24, 2.45) is 11.1 Å². The molecule has 1 amide bonds. The molecule has 0 saturated carbocycles. The van der Waals surface area contributed by atoms with Gasteiger partial charge in [-0.15, -0.1) is 0 Å². The summed E-state index contributed by atoms with van der Waals surface area (Å²) < 4.78 is 0. The predicted molar refractivity (Wildman–Crippen MR) is 79.8 cm³/mol. The van der Waals surface area contributed by atoms with Crippen LogP contribution in [-0.2, 0) is 4.79 Å². The van der Waals surface area contributed by atoms with Crippen molar-refractivity contribution in [2.45, 2.75) is 34.1 Å². The Morgan fingerprint density at radius 3 is 2.50 bits per heavy atom. The number of rotatable bonds is 3. The van der Waals surface area contributed by atoms with Gasteiger partial charge >= 0.3 is 0 Å². The number of hydrogen-bond donors (Lipinski definition) is 2. The van der Waals surface area contributed by atoms with E-state index in [2.05, 4.69) is 5.32 Å². The van der Waals surface area contributed by atoms with Gasteiger partial charge in [0.2, 0.25) is 5.91 Å². The van der Waals surface area contributed by atoms with Gasteiger partial charge in [0.05, 0.1) is 0 Å². The molecule has 3 nitrogen and oxygen atoms in total. The molecule has 0 bridgehead atoms. The molecule has 98 valence electrons. The lowest BCUT2D eigenvalue weighted by Gasteiger charge is -2.18. The summed E-state index contributed by atoms with van der Waals surface area (Å²) in [6.45, 7) is 8.04. The maximum atomic E-state index is 11.9. The first-order valence-corrected chi connectivity index (χ1v) is 6.30. The minimum atomic E-state index is -0.0290. The molecule has 0 aliphatic heterocycles. The summed E-state index contributed by atoms with van der Waals surface area (Å²) in [4.78, 5) is 12.2. The highest BCUT2D eigenvalue weighted by atomic mass is 32.1. The third-order valence-corrected chi connectivity index (χ3v) is 2.72. The molecule has 1 aromatic carbocycles. The zero-order valence-electron chi connectivity index (χ0n) is 11.3. The van der Waals surface area contributed by atoms with Crippen LogP contribution in [0.15, 0.2) is 18.2 Å². The Kier molecular flexibility index (Phi) is 4.46. The molecule has 18 heavy (non-hydrogen) atoms. The van der Waals surface area contributed by atoms with Gasteiger partial charge in [-0.3, -0.25) is 4.79 Å². The number of carbonyl (C=O) groups excluding carboxylic acids is 1. The highest BCUT2D eigenvalue weighted by molar-refractivity contribution is 7.80. The number of amides is 1. The Labute approximate surface area is 114 Å². The van der Waals surface area contributed by atoms with Gasteiger partial charge in [0, 0.05) is 17.7 Å². The van der Waals surface area contributed by atoms with E-state index in [1.165, 1.54) is 0 Å².